The molecule has 3 rings (SSSR count). The van der Waals surface area contributed by atoms with Crippen molar-refractivity contribution in [2.45, 2.75) is 37.0 Å². The van der Waals surface area contributed by atoms with Crippen molar-refractivity contribution in [1.82, 2.24) is 0 Å². The number of amides is 1. The highest BCUT2D eigenvalue weighted by Gasteiger charge is 2.47. The second-order valence-corrected chi connectivity index (χ2v) is 7.60. The van der Waals surface area contributed by atoms with Crippen LogP contribution in [0.25, 0.3) is 0 Å². The zero-order valence-electron chi connectivity index (χ0n) is 11.0. The van der Waals surface area contributed by atoms with E-state index in [-0.39, 0.29) is 22.2 Å². The molecule has 108 valence electrons. The van der Waals surface area contributed by atoms with Crippen LogP contribution in [0.15, 0.2) is 23.1 Å². The molecule has 0 unspecified atom stereocenters. The van der Waals surface area contributed by atoms with Crippen LogP contribution in [-0.4, -0.2) is 20.1 Å². The van der Waals surface area contributed by atoms with Crippen molar-refractivity contribution in [1.29, 1.82) is 0 Å². The van der Waals surface area contributed by atoms with E-state index in [1.54, 1.807) is 0 Å². The van der Waals surface area contributed by atoms with Gasteiger partial charge in [0.1, 0.15) is 10.7 Å². The van der Waals surface area contributed by atoms with Crippen molar-refractivity contribution in [3.63, 3.8) is 0 Å². The van der Waals surface area contributed by atoms with Crippen LogP contribution in [-0.2, 0) is 14.6 Å². The quantitative estimate of drug-likeness (QED) is 0.800. The van der Waals surface area contributed by atoms with Crippen LogP contribution in [0.2, 0.25) is 0 Å². The van der Waals surface area contributed by atoms with Gasteiger partial charge in [-0.1, -0.05) is 25.3 Å². The minimum atomic E-state index is -3.81. The number of nitrogens with one attached hydrogen (secondary N) is 1. The molecule has 1 aromatic rings. The Labute approximate surface area is 117 Å². The fraction of sp³-hybridized carbons (Fsp3) is 0.500. The van der Waals surface area contributed by atoms with Crippen LogP contribution in [0.3, 0.4) is 0 Å². The lowest BCUT2D eigenvalue weighted by molar-refractivity contribution is -0.126. The van der Waals surface area contributed by atoms with Gasteiger partial charge in [-0.3, -0.25) is 4.79 Å². The fourth-order valence-electron chi connectivity index (χ4n) is 3.28. The molecule has 0 atom stereocenters. The van der Waals surface area contributed by atoms with Crippen molar-refractivity contribution in [2.24, 2.45) is 5.41 Å². The maximum absolute atomic E-state index is 13.9. The van der Waals surface area contributed by atoms with Gasteiger partial charge in [0, 0.05) is 0 Å². The number of fused-ring (bicyclic) bond motifs is 1. The Hall–Kier alpha value is -1.43. The Morgan fingerprint density at radius 3 is 2.55 bits per heavy atom. The second kappa shape index (κ2) is 4.55. The number of hydrogen-bond donors (Lipinski definition) is 1. The predicted octanol–water partition coefficient (Wildman–Crippen LogP) is 2.50. The van der Waals surface area contributed by atoms with Crippen LogP contribution in [0.1, 0.15) is 32.1 Å². The molecule has 0 bridgehead atoms. The van der Waals surface area contributed by atoms with Gasteiger partial charge >= 0.3 is 0 Å². The van der Waals surface area contributed by atoms with Crippen molar-refractivity contribution in [2.75, 3.05) is 11.1 Å². The van der Waals surface area contributed by atoms with E-state index in [1.807, 2.05) is 0 Å². The maximum atomic E-state index is 13.9. The van der Waals surface area contributed by atoms with Gasteiger partial charge in [0.25, 0.3) is 0 Å². The number of carbonyl (C=O) groups excluding carboxylic acids is 1. The molecule has 6 heteroatoms. The molecule has 1 spiro atoms. The van der Waals surface area contributed by atoms with Gasteiger partial charge in [-0.2, -0.15) is 0 Å². The number of anilines is 1. The average molecular weight is 297 g/mol. The van der Waals surface area contributed by atoms with E-state index >= 15 is 0 Å². The van der Waals surface area contributed by atoms with Gasteiger partial charge in [-0.05, 0) is 25.0 Å². The van der Waals surface area contributed by atoms with E-state index in [9.17, 15) is 17.6 Å². The van der Waals surface area contributed by atoms with Gasteiger partial charge in [0.05, 0.1) is 16.9 Å². The number of carbonyl (C=O) groups is 1. The van der Waals surface area contributed by atoms with Crippen molar-refractivity contribution >= 4 is 21.4 Å². The van der Waals surface area contributed by atoms with Crippen molar-refractivity contribution in [3.05, 3.63) is 24.0 Å². The first-order valence-corrected chi connectivity index (χ1v) is 8.43. The molecule has 1 aliphatic heterocycles. The number of hydrogen-bond acceptors (Lipinski definition) is 3. The van der Waals surface area contributed by atoms with Gasteiger partial charge < -0.3 is 5.32 Å². The number of benzene rings is 1. The van der Waals surface area contributed by atoms with Crippen LogP contribution in [0.5, 0.6) is 0 Å². The van der Waals surface area contributed by atoms with Gasteiger partial charge in [0.2, 0.25) is 5.91 Å². The third kappa shape index (κ3) is 2.02. The first kappa shape index (κ1) is 13.5. The molecular weight excluding hydrogens is 281 g/mol. The molecule has 0 aromatic heterocycles. The lowest BCUT2D eigenvalue weighted by Gasteiger charge is -2.33. The van der Waals surface area contributed by atoms with Crippen LogP contribution >= 0.6 is 0 Å². The molecule has 1 saturated carbocycles. The van der Waals surface area contributed by atoms with E-state index in [0.29, 0.717) is 12.8 Å². The summed E-state index contributed by atoms with van der Waals surface area (Å²) in [5.74, 6) is -1.37. The lowest BCUT2D eigenvalue weighted by Crippen LogP contribution is -2.41. The molecular formula is C14H16FNO3S. The summed E-state index contributed by atoms with van der Waals surface area (Å²) in [4.78, 5) is 12.1. The summed E-state index contributed by atoms with van der Waals surface area (Å²) in [6, 6.07) is 3.96. The van der Waals surface area contributed by atoms with E-state index in [1.165, 1.54) is 12.1 Å². The number of rotatable bonds is 0. The summed E-state index contributed by atoms with van der Waals surface area (Å²) < 4.78 is 38.9. The fourth-order valence-corrected chi connectivity index (χ4v) is 5.39. The molecule has 0 saturated heterocycles. The minimum Gasteiger partial charge on any atom is -0.324 e. The third-order valence-corrected chi connectivity index (χ3v) is 6.25. The molecule has 20 heavy (non-hydrogen) atoms. The average Bonchev–Trinajstić information content (AvgIpc) is 2.45. The summed E-state index contributed by atoms with van der Waals surface area (Å²) in [5.41, 5.74) is -0.833. The molecule has 1 N–H and O–H groups in total. The molecule has 1 amide bonds. The number of sulfone groups is 1. The van der Waals surface area contributed by atoms with Crippen LogP contribution in [0.4, 0.5) is 10.1 Å². The molecule has 1 heterocycles. The Balaban J connectivity index is 2.15. The lowest BCUT2D eigenvalue weighted by atomic mass is 9.75. The SMILES string of the molecule is O=C1Nc2cccc(F)c2S(=O)(=O)CC12CCCCC2. The van der Waals surface area contributed by atoms with Gasteiger partial charge in [-0.15, -0.1) is 0 Å². The normalized spacial score (nSPS) is 23.8. The first-order chi connectivity index (χ1) is 9.45. The Kier molecular flexibility index (Phi) is 3.08. The van der Waals surface area contributed by atoms with Crippen LogP contribution in [0, 0.1) is 11.2 Å². The van der Waals surface area contributed by atoms with Gasteiger partial charge in [0.15, 0.2) is 9.84 Å². The maximum Gasteiger partial charge on any atom is 0.231 e. The second-order valence-electron chi connectivity index (χ2n) is 5.67. The summed E-state index contributed by atoms with van der Waals surface area (Å²) in [6.07, 6.45) is 3.78. The topological polar surface area (TPSA) is 63.2 Å². The molecule has 1 aliphatic carbocycles. The van der Waals surface area contributed by atoms with Crippen molar-refractivity contribution in [3.8, 4) is 0 Å². The highest BCUT2D eigenvalue weighted by atomic mass is 32.2. The number of halogens is 1. The van der Waals surface area contributed by atoms with E-state index < -0.39 is 21.1 Å². The zero-order valence-corrected chi connectivity index (χ0v) is 11.8. The molecule has 2 aliphatic rings. The Bertz CT molecular complexity index is 663. The molecule has 0 radical (unpaired) electrons. The summed E-state index contributed by atoms with van der Waals surface area (Å²) >= 11 is 0. The Morgan fingerprint density at radius 1 is 1.15 bits per heavy atom. The van der Waals surface area contributed by atoms with E-state index in [4.69, 9.17) is 0 Å². The largest absolute Gasteiger partial charge is 0.324 e. The molecule has 1 aromatic carbocycles. The standard InChI is InChI=1S/C14H16FNO3S/c15-10-5-4-6-11-12(10)20(18,19)9-14(13(17)16-11)7-2-1-3-8-14/h4-6H,1-3,7-9H2,(H,16,17). The molecule has 4 nitrogen and oxygen atoms in total. The zero-order chi connectivity index (χ0) is 14.4. The first-order valence-electron chi connectivity index (χ1n) is 6.77. The minimum absolute atomic E-state index is 0.0671. The molecule has 1 fully saturated rings. The Morgan fingerprint density at radius 2 is 1.85 bits per heavy atom. The van der Waals surface area contributed by atoms with Gasteiger partial charge in [-0.25, -0.2) is 12.8 Å². The van der Waals surface area contributed by atoms with E-state index in [2.05, 4.69) is 5.32 Å². The summed E-state index contributed by atoms with van der Waals surface area (Å²) in [6.45, 7) is 0. The highest BCUT2D eigenvalue weighted by Crippen LogP contribution is 2.43. The van der Waals surface area contributed by atoms with Crippen molar-refractivity contribution < 1.29 is 17.6 Å². The van der Waals surface area contributed by atoms with Crippen LogP contribution < -0.4 is 5.32 Å². The summed E-state index contributed by atoms with van der Waals surface area (Å²) in [5, 5.41) is 2.62. The predicted molar refractivity (Wildman–Crippen MR) is 72.6 cm³/mol. The smallest absolute Gasteiger partial charge is 0.231 e. The highest BCUT2D eigenvalue weighted by molar-refractivity contribution is 7.91. The van der Waals surface area contributed by atoms with E-state index in [0.717, 1.165) is 25.3 Å². The monoisotopic (exact) mass is 297 g/mol. The summed E-state index contributed by atoms with van der Waals surface area (Å²) in [7, 11) is -3.81. The third-order valence-electron chi connectivity index (χ3n) is 4.28.